The molecule has 0 atom stereocenters. The number of carbonyl (C=O) groups excluding carboxylic acids is 2. The summed E-state index contributed by atoms with van der Waals surface area (Å²) in [6.45, 7) is 1.10. The standard InChI is InChI=1S/C21H19F3N2O2S/c22-21(23,24)17-6-1-4-15(14-17)5-2-10-25-19(27)16-8-11-26(12-9-16)20(28)18-7-3-13-29-18/h1,3-4,6-7,13-14,16H,8-12H2,(H,25,27). The molecule has 1 aromatic carbocycles. The second kappa shape index (κ2) is 9.14. The molecule has 0 aliphatic carbocycles. The Morgan fingerprint density at radius 2 is 1.93 bits per heavy atom. The highest BCUT2D eigenvalue weighted by Gasteiger charge is 2.30. The van der Waals surface area contributed by atoms with Crippen LogP contribution in [0.4, 0.5) is 13.2 Å². The molecule has 1 aliphatic rings. The van der Waals surface area contributed by atoms with Crippen molar-refractivity contribution in [3.8, 4) is 11.8 Å². The van der Waals surface area contributed by atoms with Crippen LogP contribution in [-0.4, -0.2) is 36.3 Å². The largest absolute Gasteiger partial charge is 0.416 e. The van der Waals surface area contributed by atoms with Crippen LogP contribution in [0, 0.1) is 17.8 Å². The summed E-state index contributed by atoms with van der Waals surface area (Å²) >= 11 is 1.40. The number of carbonyl (C=O) groups is 2. The number of rotatable bonds is 3. The molecule has 3 rings (SSSR count). The van der Waals surface area contributed by atoms with Crippen LogP contribution >= 0.6 is 11.3 Å². The van der Waals surface area contributed by atoms with Gasteiger partial charge in [0.15, 0.2) is 0 Å². The van der Waals surface area contributed by atoms with E-state index in [0.717, 1.165) is 12.1 Å². The monoisotopic (exact) mass is 420 g/mol. The fourth-order valence-electron chi connectivity index (χ4n) is 3.10. The molecule has 1 saturated heterocycles. The highest BCUT2D eigenvalue weighted by atomic mass is 32.1. The van der Waals surface area contributed by atoms with E-state index in [4.69, 9.17) is 0 Å². The van der Waals surface area contributed by atoms with Gasteiger partial charge in [-0.05, 0) is 42.5 Å². The van der Waals surface area contributed by atoms with Gasteiger partial charge in [-0.15, -0.1) is 11.3 Å². The van der Waals surface area contributed by atoms with Gasteiger partial charge in [0.05, 0.1) is 17.0 Å². The van der Waals surface area contributed by atoms with Gasteiger partial charge < -0.3 is 10.2 Å². The molecule has 8 heteroatoms. The first-order chi connectivity index (χ1) is 13.8. The number of hydrogen-bond acceptors (Lipinski definition) is 3. The number of likely N-dealkylation sites (tertiary alicyclic amines) is 1. The maximum Gasteiger partial charge on any atom is 0.416 e. The number of amides is 2. The Bertz CT molecular complexity index is 921. The Labute approximate surface area is 170 Å². The van der Waals surface area contributed by atoms with Crippen molar-refractivity contribution in [2.24, 2.45) is 5.92 Å². The van der Waals surface area contributed by atoms with Gasteiger partial charge in [0.1, 0.15) is 0 Å². The second-order valence-corrected chi connectivity index (χ2v) is 7.59. The average Bonchev–Trinajstić information content (AvgIpc) is 3.25. The smallest absolute Gasteiger partial charge is 0.345 e. The lowest BCUT2D eigenvalue weighted by Crippen LogP contribution is -2.42. The van der Waals surface area contributed by atoms with E-state index >= 15 is 0 Å². The predicted molar refractivity (Wildman–Crippen MR) is 104 cm³/mol. The van der Waals surface area contributed by atoms with Gasteiger partial charge in [-0.2, -0.15) is 13.2 Å². The van der Waals surface area contributed by atoms with Gasteiger partial charge in [0, 0.05) is 24.6 Å². The number of halogens is 3. The summed E-state index contributed by atoms with van der Waals surface area (Å²) in [6.07, 6.45) is -3.26. The average molecular weight is 420 g/mol. The van der Waals surface area contributed by atoms with Gasteiger partial charge in [-0.25, -0.2) is 0 Å². The van der Waals surface area contributed by atoms with Crippen molar-refractivity contribution in [3.63, 3.8) is 0 Å². The maximum absolute atomic E-state index is 12.7. The minimum atomic E-state index is -4.41. The van der Waals surface area contributed by atoms with E-state index < -0.39 is 11.7 Å². The summed E-state index contributed by atoms with van der Waals surface area (Å²) in [6, 6.07) is 8.38. The molecule has 2 amide bonds. The topological polar surface area (TPSA) is 49.4 Å². The molecule has 0 unspecified atom stereocenters. The molecule has 0 saturated carbocycles. The molecule has 152 valence electrons. The second-order valence-electron chi connectivity index (χ2n) is 6.64. The SMILES string of the molecule is O=C(NCC#Cc1cccc(C(F)(F)F)c1)C1CCN(C(=O)c2cccs2)CC1. The van der Waals surface area contributed by atoms with Crippen LogP contribution in [0.5, 0.6) is 0 Å². The Morgan fingerprint density at radius 3 is 2.59 bits per heavy atom. The van der Waals surface area contributed by atoms with E-state index in [1.807, 2.05) is 11.4 Å². The first-order valence-electron chi connectivity index (χ1n) is 9.11. The minimum Gasteiger partial charge on any atom is -0.345 e. The number of nitrogens with zero attached hydrogens (tertiary/aromatic N) is 1. The molecule has 0 spiro atoms. The maximum atomic E-state index is 12.7. The first-order valence-corrected chi connectivity index (χ1v) is 9.99. The van der Waals surface area contributed by atoms with Crippen molar-refractivity contribution in [2.45, 2.75) is 19.0 Å². The quantitative estimate of drug-likeness (QED) is 0.769. The molecule has 1 aliphatic heterocycles. The van der Waals surface area contributed by atoms with Crippen molar-refractivity contribution < 1.29 is 22.8 Å². The van der Waals surface area contributed by atoms with Gasteiger partial charge in [0.25, 0.3) is 5.91 Å². The van der Waals surface area contributed by atoms with E-state index in [2.05, 4.69) is 17.2 Å². The van der Waals surface area contributed by atoms with Crippen molar-refractivity contribution >= 4 is 23.2 Å². The Balaban J connectivity index is 1.46. The zero-order valence-corrected chi connectivity index (χ0v) is 16.3. The third kappa shape index (κ3) is 5.61. The highest BCUT2D eigenvalue weighted by Crippen LogP contribution is 2.29. The third-order valence-electron chi connectivity index (χ3n) is 4.66. The zero-order valence-electron chi connectivity index (χ0n) is 15.5. The number of alkyl halides is 3. The fourth-order valence-corrected chi connectivity index (χ4v) is 3.79. The summed E-state index contributed by atoms with van der Waals surface area (Å²) in [5, 5.41) is 4.56. The van der Waals surface area contributed by atoms with Crippen molar-refractivity contribution in [1.29, 1.82) is 0 Å². The number of nitrogens with one attached hydrogen (secondary N) is 1. The van der Waals surface area contributed by atoms with Crippen LogP contribution in [-0.2, 0) is 11.0 Å². The Kier molecular flexibility index (Phi) is 6.60. The van der Waals surface area contributed by atoms with E-state index in [-0.39, 0.29) is 29.8 Å². The number of piperidine rings is 1. The van der Waals surface area contributed by atoms with Crippen molar-refractivity contribution in [1.82, 2.24) is 10.2 Å². The van der Waals surface area contributed by atoms with Crippen LogP contribution in [0.2, 0.25) is 0 Å². The Morgan fingerprint density at radius 1 is 1.17 bits per heavy atom. The molecular weight excluding hydrogens is 401 g/mol. The van der Waals surface area contributed by atoms with E-state index in [1.165, 1.54) is 23.5 Å². The molecule has 4 nitrogen and oxygen atoms in total. The highest BCUT2D eigenvalue weighted by molar-refractivity contribution is 7.12. The minimum absolute atomic E-state index is 0.00851. The first kappa shape index (κ1) is 20.9. The summed E-state index contributed by atoms with van der Waals surface area (Å²) in [4.78, 5) is 27.0. The molecule has 0 bridgehead atoms. The van der Waals surface area contributed by atoms with E-state index in [9.17, 15) is 22.8 Å². The normalized spacial score (nSPS) is 14.8. The number of hydrogen-bond donors (Lipinski definition) is 1. The van der Waals surface area contributed by atoms with Crippen LogP contribution in [0.1, 0.15) is 33.6 Å². The Hall–Kier alpha value is -2.79. The van der Waals surface area contributed by atoms with Gasteiger partial charge in [0.2, 0.25) is 5.91 Å². The molecule has 1 N–H and O–H groups in total. The molecule has 1 aromatic heterocycles. The van der Waals surface area contributed by atoms with Crippen LogP contribution in [0.25, 0.3) is 0 Å². The van der Waals surface area contributed by atoms with Gasteiger partial charge >= 0.3 is 6.18 Å². The van der Waals surface area contributed by atoms with Crippen molar-refractivity contribution in [2.75, 3.05) is 19.6 Å². The molecule has 1 fully saturated rings. The summed E-state index contributed by atoms with van der Waals surface area (Å²) in [5.74, 6) is 4.97. The van der Waals surface area contributed by atoms with E-state index in [0.29, 0.717) is 30.8 Å². The summed E-state index contributed by atoms with van der Waals surface area (Å²) in [5.41, 5.74) is -0.508. The molecule has 0 radical (unpaired) electrons. The zero-order chi connectivity index (χ0) is 20.9. The molecule has 2 heterocycles. The lowest BCUT2D eigenvalue weighted by molar-refractivity contribution is -0.137. The summed E-state index contributed by atoms with van der Waals surface area (Å²) < 4.78 is 38.1. The fraction of sp³-hybridized carbons (Fsp3) is 0.333. The lowest BCUT2D eigenvalue weighted by atomic mass is 9.96. The van der Waals surface area contributed by atoms with Gasteiger partial charge in [-0.1, -0.05) is 24.0 Å². The predicted octanol–water partition coefficient (Wildman–Crippen LogP) is 3.79. The molecule has 2 aromatic rings. The summed E-state index contributed by atoms with van der Waals surface area (Å²) in [7, 11) is 0. The van der Waals surface area contributed by atoms with Crippen molar-refractivity contribution in [3.05, 3.63) is 57.8 Å². The molecular formula is C21H19F3N2O2S. The lowest BCUT2D eigenvalue weighted by Gasteiger charge is -2.30. The van der Waals surface area contributed by atoms with Crippen LogP contribution in [0.15, 0.2) is 41.8 Å². The number of benzene rings is 1. The third-order valence-corrected chi connectivity index (χ3v) is 5.52. The van der Waals surface area contributed by atoms with E-state index in [1.54, 1.807) is 11.0 Å². The van der Waals surface area contributed by atoms with Gasteiger partial charge in [-0.3, -0.25) is 9.59 Å². The molecule has 29 heavy (non-hydrogen) atoms. The number of thiophene rings is 1. The van der Waals surface area contributed by atoms with Crippen LogP contribution < -0.4 is 5.32 Å². The van der Waals surface area contributed by atoms with Crippen LogP contribution in [0.3, 0.4) is 0 Å².